The minimum atomic E-state index is -0.633. The highest BCUT2D eigenvalue weighted by atomic mass is 16.6. The molecule has 0 aliphatic heterocycles. The van der Waals surface area contributed by atoms with E-state index < -0.39 is 18.2 Å². The molecule has 2 atom stereocenters. The third-order valence-electron chi connectivity index (χ3n) is 4.25. The van der Waals surface area contributed by atoms with Crippen molar-refractivity contribution in [2.75, 3.05) is 7.11 Å². The first-order chi connectivity index (χ1) is 12.1. The van der Waals surface area contributed by atoms with Crippen LogP contribution in [0.25, 0.3) is 0 Å². The number of fused-ring (bicyclic) bond motifs is 1. The molecule has 0 fully saturated rings. The molecule has 0 bridgehead atoms. The quantitative estimate of drug-likeness (QED) is 0.798. The SMILES string of the molecule is COc1ccc2c(c1)CC[C@H](OC(C)=O)[C@H]2OC(=O)c1ccccc1. The number of carbonyl (C=O) groups is 2. The lowest BCUT2D eigenvalue weighted by molar-refractivity contribution is -0.154. The van der Waals surface area contributed by atoms with Crippen LogP contribution in [-0.2, 0) is 20.7 Å². The first-order valence-electron chi connectivity index (χ1n) is 8.18. The van der Waals surface area contributed by atoms with Crippen molar-refractivity contribution >= 4 is 11.9 Å². The summed E-state index contributed by atoms with van der Waals surface area (Å²) in [5.41, 5.74) is 2.35. The van der Waals surface area contributed by atoms with Crippen LogP contribution in [0.2, 0.25) is 0 Å². The predicted molar refractivity (Wildman–Crippen MR) is 91.5 cm³/mol. The number of hydrogen-bond donors (Lipinski definition) is 0. The monoisotopic (exact) mass is 340 g/mol. The molecule has 25 heavy (non-hydrogen) atoms. The summed E-state index contributed by atoms with van der Waals surface area (Å²) >= 11 is 0. The Hall–Kier alpha value is -2.82. The van der Waals surface area contributed by atoms with Crippen LogP contribution in [0, 0.1) is 0 Å². The summed E-state index contributed by atoms with van der Waals surface area (Å²) in [4.78, 5) is 23.9. The van der Waals surface area contributed by atoms with E-state index in [-0.39, 0.29) is 5.97 Å². The number of benzene rings is 2. The predicted octanol–water partition coefficient (Wildman–Crippen LogP) is 3.47. The van der Waals surface area contributed by atoms with Crippen LogP contribution in [0.3, 0.4) is 0 Å². The maximum absolute atomic E-state index is 12.5. The fourth-order valence-corrected chi connectivity index (χ4v) is 3.08. The van der Waals surface area contributed by atoms with Gasteiger partial charge in [0.1, 0.15) is 11.9 Å². The van der Waals surface area contributed by atoms with Crippen molar-refractivity contribution in [3.63, 3.8) is 0 Å². The summed E-state index contributed by atoms with van der Waals surface area (Å²) in [6.45, 7) is 1.36. The van der Waals surface area contributed by atoms with Gasteiger partial charge in [-0.3, -0.25) is 4.79 Å². The van der Waals surface area contributed by atoms with Crippen molar-refractivity contribution in [2.24, 2.45) is 0 Å². The Bertz CT molecular complexity index is 769. The molecule has 3 rings (SSSR count). The number of rotatable bonds is 4. The van der Waals surface area contributed by atoms with Crippen molar-refractivity contribution in [2.45, 2.75) is 32.0 Å². The van der Waals surface area contributed by atoms with Crippen LogP contribution in [-0.4, -0.2) is 25.2 Å². The molecule has 0 spiro atoms. The zero-order valence-corrected chi connectivity index (χ0v) is 14.2. The standard InChI is InChI=1S/C20H20O5/c1-13(21)24-18-11-8-15-12-16(23-2)9-10-17(15)19(18)25-20(22)14-6-4-3-5-7-14/h3-7,9-10,12,18-19H,8,11H2,1-2H3/t18-,19-/m0/s1. The van der Waals surface area contributed by atoms with Gasteiger partial charge in [0.15, 0.2) is 6.10 Å². The van der Waals surface area contributed by atoms with Gasteiger partial charge in [-0.05, 0) is 48.2 Å². The van der Waals surface area contributed by atoms with Crippen LogP contribution in [0.15, 0.2) is 48.5 Å². The van der Waals surface area contributed by atoms with Gasteiger partial charge in [-0.15, -0.1) is 0 Å². The van der Waals surface area contributed by atoms with Crippen LogP contribution < -0.4 is 4.74 Å². The van der Waals surface area contributed by atoms with Crippen molar-refractivity contribution in [1.82, 2.24) is 0 Å². The number of aryl methyl sites for hydroxylation is 1. The van der Waals surface area contributed by atoms with Crippen LogP contribution >= 0.6 is 0 Å². The highest BCUT2D eigenvalue weighted by Gasteiger charge is 2.35. The second-order valence-corrected chi connectivity index (χ2v) is 5.94. The molecule has 0 amide bonds. The lowest BCUT2D eigenvalue weighted by Gasteiger charge is -2.32. The normalized spacial score (nSPS) is 18.8. The van der Waals surface area contributed by atoms with Gasteiger partial charge in [0, 0.05) is 6.92 Å². The molecule has 0 heterocycles. The second kappa shape index (κ2) is 7.38. The Morgan fingerprint density at radius 3 is 2.48 bits per heavy atom. The fraction of sp³-hybridized carbons (Fsp3) is 0.300. The van der Waals surface area contributed by atoms with Crippen LogP contribution in [0.5, 0.6) is 5.75 Å². The highest BCUT2D eigenvalue weighted by Crippen LogP contribution is 2.37. The zero-order valence-electron chi connectivity index (χ0n) is 14.2. The molecule has 0 aromatic heterocycles. The summed E-state index contributed by atoms with van der Waals surface area (Å²) in [7, 11) is 1.61. The van der Waals surface area contributed by atoms with E-state index >= 15 is 0 Å². The highest BCUT2D eigenvalue weighted by molar-refractivity contribution is 5.89. The Labute approximate surface area is 146 Å². The maximum atomic E-state index is 12.5. The maximum Gasteiger partial charge on any atom is 0.338 e. The molecule has 0 radical (unpaired) electrons. The summed E-state index contributed by atoms with van der Waals surface area (Å²) in [5, 5.41) is 0. The molecule has 0 saturated heterocycles. The zero-order chi connectivity index (χ0) is 17.8. The van der Waals surface area contributed by atoms with Gasteiger partial charge >= 0.3 is 11.9 Å². The van der Waals surface area contributed by atoms with E-state index in [4.69, 9.17) is 14.2 Å². The molecule has 0 saturated carbocycles. The second-order valence-electron chi connectivity index (χ2n) is 5.94. The Morgan fingerprint density at radius 2 is 1.80 bits per heavy atom. The number of ether oxygens (including phenoxy) is 3. The van der Waals surface area contributed by atoms with Gasteiger partial charge in [0.2, 0.25) is 0 Å². The summed E-state index contributed by atoms with van der Waals surface area (Å²) in [6.07, 6.45) is 0.188. The van der Waals surface area contributed by atoms with Crippen molar-refractivity contribution < 1.29 is 23.8 Å². The van der Waals surface area contributed by atoms with E-state index in [1.165, 1.54) is 6.92 Å². The molecular formula is C20H20O5. The van der Waals surface area contributed by atoms with E-state index in [0.29, 0.717) is 12.0 Å². The number of hydrogen-bond acceptors (Lipinski definition) is 5. The molecule has 5 nitrogen and oxygen atoms in total. The molecular weight excluding hydrogens is 320 g/mol. The molecule has 1 aliphatic rings. The van der Waals surface area contributed by atoms with E-state index in [2.05, 4.69) is 0 Å². The van der Waals surface area contributed by atoms with Gasteiger partial charge in [-0.1, -0.05) is 24.3 Å². The minimum Gasteiger partial charge on any atom is -0.497 e. The van der Waals surface area contributed by atoms with Crippen molar-refractivity contribution in [1.29, 1.82) is 0 Å². The number of methoxy groups -OCH3 is 1. The van der Waals surface area contributed by atoms with Gasteiger partial charge in [-0.2, -0.15) is 0 Å². The first-order valence-corrected chi connectivity index (χ1v) is 8.18. The largest absolute Gasteiger partial charge is 0.497 e. The van der Waals surface area contributed by atoms with Crippen LogP contribution in [0.1, 0.15) is 40.9 Å². The van der Waals surface area contributed by atoms with Gasteiger partial charge in [0.25, 0.3) is 0 Å². The lowest BCUT2D eigenvalue weighted by Crippen LogP contribution is -2.33. The average molecular weight is 340 g/mol. The molecule has 2 aromatic rings. The summed E-state index contributed by atoms with van der Waals surface area (Å²) < 4.78 is 16.4. The van der Waals surface area contributed by atoms with Crippen LogP contribution in [0.4, 0.5) is 0 Å². The topological polar surface area (TPSA) is 61.8 Å². The summed E-state index contributed by atoms with van der Waals surface area (Å²) in [5.74, 6) is -0.0769. The lowest BCUT2D eigenvalue weighted by atomic mass is 9.87. The Morgan fingerprint density at radius 1 is 1.04 bits per heavy atom. The third kappa shape index (κ3) is 3.82. The molecule has 5 heteroatoms. The average Bonchev–Trinajstić information content (AvgIpc) is 2.63. The van der Waals surface area contributed by atoms with Crippen molar-refractivity contribution in [3.8, 4) is 5.75 Å². The first kappa shape index (κ1) is 17.0. The molecule has 1 aliphatic carbocycles. The minimum absolute atomic E-state index is 0.386. The van der Waals surface area contributed by atoms with Gasteiger partial charge in [0.05, 0.1) is 12.7 Å². The van der Waals surface area contributed by atoms with Gasteiger partial charge < -0.3 is 14.2 Å². The summed E-state index contributed by atoms with van der Waals surface area (Å²) in [6, 6.07) is 14.4. The smallest absolute Gasteiger partial charge is 0.338 e. The van der Waals surface area contributed by atoms with E-state index in [0.717, 1.165) is 23.3 Å². The fourth-order valence-electron chi connectivity index (χ4n) is 3.08. The number of carbonyl (C=O) groups excluding carboxylic acids is 2. The van der Waals surface area contributed by atoms with E-state index in [1.807, 2.05) is 24.3 Å². The molecule has 2 aromatic carbocycles. The molecule has 0 N–H and O–H groups in total. The third-order valence-corrected chi connectivity index (χ3v) is 4.25. The Kier molecular flexibility index (Phi) is 5.03. The van der Waals surface area contributed by atoms with Crippen molar-refractivity contribution in [3.05, 3.63) is 65.2 Å². The molecule has 0 unspecified atom stereocenters. The van der Waals surface area contributed by atoms with E-state index in [1.54, 1.807) is 31.4 Å². The molecule has 130 valence electrons. The van der Waals surface area contributed by atoms with E-state index in [9.17, 15) is 9.59 Å². The number of esters is 2. The Balaban J connectivity index is 1.91. The van der Waals surface area contributed by atoms with Gasteiger partial charge in [-0.25, -0.2) is 4.79 Å².